The van der Waals surface area contributed by atoms with E-state index in [-0.39, 0.29) is 11.9 Å². The number of hydrogen-bond donors (Lipinski definition) is 1. The Kier molecular flexibility index (Phi) is 4.05. The number of piperidine rings is 1. The second-order valence-electron chi connectivity index (χ2n) is 6.34. The van der Waals surface area contributed by atoms with Crippen molar-refractivity contribution < 1.29 is 4.79 Å². The molecule has 0 spiro atoms. The van der Waals surface area contributed by atoms with Crippen LogP contribution < -0.4 is 5.32 Å². The Balaban J connectivity index is 1.41. The van der Waals surface area contributed by atoms with E-state index in [9.17, 15) is 4.79 Å². The van der Waals surface area contributed by atoms with E-state index in [1.165, 1.54) is 6.33 Å². The van der Waals surface area contributed by atoms with E-state index in [0.29, 0.717) is 5.65 Å². The summed E-state index contributed by atoms with van der Waals surface area (Å²) in [5, 5.41) is 8.73. The van der Waals surface area contributed by atoms with Crippen molar-refractivity contribution in [2.24, 2.45) is 7.05 Å². The van der Waals surface area contributed by atoms with E-state index in [1.54, 1.807) is 4.68 Å². The van der Waals surface area contributed by atoms with Gasteiger partial charge in [0.25, 0.3) is 5.91 Å². The van der Waals surface area contributed by atoms with Crippen LogP contribution in [0.1, 0.15) is 23.2 Å². The van der Waals surface area contributed by atoms with Gasteiger partial charge < -0.3 is 10.2 Å². The summed E-state index contributed by atoms with van der Waals surface area (Å²) in [5.41, 5.74) is 1.44. The Labute approximate surface area is 145 Å². The molecule has 1 aliphatic rings. The van der Waals surface area contributed by atoms with Gasteiger partial charge in [-0.25, -0.2) is 9.97 Å². The van der Waals surface area contributed by atoms with Crippen molar-refractivity contribution >= 4 is 22.8 Å². The molecule has 3 aromatic rings. The molecular formula is C18H20N6O. The lowest BCUT2D eigenvalue weighted by atomic mass is 10.0. The van der Waals surface area contributed by atoms with Crippen molar-refractivity contribution in [1.29, 1.82) is 0 Å². The maximum absolute atomic E-state index is 12.5. The highest BCUT2D eigenvalue weighted by Crippen LogP contribution is 2.22. The minimum absolute atomic E-state index is 0.107. The lowest BCUT2D eigenvalue weighted by molar-refractivity contribution is 0.0718. The number of hydrogen-bond acceptors (Lipinski definition) is 5. The summed E-state index contributed by atoms with van der Waals surface area (Å²) in [6.45, 7) is 1.49. The van der Waals surface area contributed by atoms with Gasteiger partial charge in [0.1, 0.15) is 12.1 Å². The molecule has 25 heavy (non-hydrogen) atoms. The van der Waals surface area contributed by atoms with E-state index in [0.717, 1.165) is 42.7 Å². The quantitative estimate of drug-likeness (QED) is 0.792. The zero-order valence-electron chi connectivity index (χ0n) is 14.1. The number of anilines is 1. The molecule has 1 aromatic carbocycles. The first-order valence-corrected chi connectivity index (χ1v) is 8.46. The minimum atomic E-state index is 0.107. The number of carbonyl (C=O) groups excluding carboxylic acids is 1. The number of benzene rings is 1. The number of carbonyl (C=O) groups is 1. The number of fused-ring (bicyclic) bond motifs is 1. The molecule has 0 bridgehead atoms. The molecule has 0 atom stereocenters. The maximum atomic E-state index is 12.5. The zero-order valence-corrected chi connectivity index (χ0v) is 14.1. The van der Waals surface area contributed by atoms with Crippen LogP contribution >= 0.6 is 0 Å². The molecule has 2 aromatic heterocycles. The molecule has 0 unspecified atom stereocenters. The van der Waals surface area contributed by atoms with Gasteiger partial charge in [-0.15, -0.1) is 0 Å². The van der Waals surface area contributed by atoms with Crippen LogP contribution in [-0.4, -0.2) is 49.7 Å². The third kappa shape index (κ3) is 3.17. The largest absolute Gasteiger partial charge is 0.366 e. The number of aryl methyl sites for hydroxylation is 1. The van der Waals surface area contributed by atoms with Gasteiger partial charge in [-0.3, -0.25) is 9.48 Å². The molecule has 7 nitrogen and oxygen atoms in total. The number of amides is 1. The lowest BCUT2D eigenvalue weighted by Crippen LogP contribution is -2.42. The molecule has 7 heteroatoms. The highest BCUT2D eigenvalue weighted by molar-refractivity contribution is 5.94. The summed E-state index contributed by atoms with van der Waals surface area (Å²) in [5.74, 6) is 0.918. The van der Waals surface area contributed by atoms with Gasteiger partial charge in [-0.1, -0.05) is 18.2 Å². The molecule has 1 saturated heterocycles. The molecule has 0 aliphatic carbocycles. The fourth-order valence-corrected chi connectivity index (χ4v) is 3.25. The Morgan fingerprint density at radius 1 is 1.16 bits per heavy atom. The van der Waals surface area contributed by atoms with Gasteiger partial charge in [0.05, 0.1) is 5.39 Å². The second-order valence-corrected chi connectivity index (χ2v) is 6.34. The molecule has 1 N–H and O–H groups in total. The van der Waals surface area contributed by atoms with Gasteiger partial charge in [0.2, 0.25) is 0 Å². The van der Waals surface area contributed by atoms with Crippen LogP contribution in [0.2, 0.25) is 0 Å². The Bertz CT molecular complexity index is 883. The van der Waals surface area contributed by atoms with E-state index in [4.69, 9.17) is 0 Å². The normalized spacial score (nSPS) is 15.5. The van der Waals surface area contributed by atoms with E-state index in [1.807, 2.05) is 48.5 Å². The SMILES string of the molecule is Cn1cc2c(NC3CCN(C(=O)c4ccccc4)CC3)ncnc2n1. The van der Waals surface area contributed by atoms with E-state index >= 15 is 0 Å². The first-order chi connectivity index (χ1) is 12.2. The maximum Gasteiger partial charge on any atom is 0.253 e. The Morgan fingerprint density at radius 2 is 1.92 bits per heavy atom. The molecule has 1 fully saturated rings. The predicted octanol–water partition coefficient (Wildman–Crippen LogP) is 2.08. The molecule has 3 heterocycles. The third-order valence-corrected chi connectivity index (χ3v) is 4.58. The van der Waals surface area contributed by atoms with E-state index < -0.39 is 0 Å². The molecule has 128 valence electrons. The molecule has 0 saturated carbocycles. The first kappa shape index (κ1) is 15.6. The van der Waals surface area contributed by atoms with Crippen LogP contribution in [0.4, 0.5) is 5.82 Å². The Morgan fingerprint density at radius 3 is 2.68 bits per heavy atom. The summed E-state index contributed by atoms with van der Waals surface area (Å²) in [6.07, 6.45) is 5.24. The average molecular weight is 336 g/mol. The standard InChI is InChI=1S/C18H20N6O/c1-23-11-15-16(19-12-20-17(15)22-23)21-14-7-9-24(10-8-14)18(25)13-5-3-2-4-6-13/h2-6,11-12,14H,7-10H2,1H3,(H,19,20,21,22). The smallest absolute Gasteiger partial charge is 0.253 e. The summed E-state index contributed by atoms with van der Waals surface area (Å²) in [4.78, 5) is 23.0. The summed E-state index contributed by atoms with van der Waals surface area (Å²) < 4.78 is 1.74. The fourth-order valence-electron chi connectivity index (χ4n) is 3.25. The fraction of sp³-hybridized carbons (Fsp3) is 0.333. The summed E-state index contributed by atoms with van der Waals surface area (Å²) >= 11 is 0. The number of nitrogens with zero attached hydrogens (tertiary/aromatic N) is 5. The van der Waals surface area contributed by atoms with Crippen molar-refractivity contribution in [3.63, 3.8) is 0 Å². The van der Waals surface area contributed by atoms with Crippen LogP contribution in [0, 0.1) is 0 Å². The predicted molar refractivity (Wildman–Crippen MR) is 95.3 cm³/mol. The minimum Gasteiger partial charge on any atom is -0.366 e. The third-order valence-electron chi connectivity index (χ3n) is 4.58. The van der Waals surface area contributed by atoms with Crippen molar-refractivity contribution in [1.82, 2.24) is 24.6 Å². The van der Waals surface area contributed by atoms with E-state index in [2.05, 4.69) is 20.4 Å². The summed E-state index contributed by atoms with van der Waals surface area (Å²) in [7, 11) is 1.87. The van der Waals surface area contributed by atoms with Crippen molar-refractivity contribution in [2.45, 2.75) is 18.9 Å². The summed E-state index contributed by atoms with van der Waals surface area (Å²) in [6, 6.07) is 9.75. The molecule has 1 amide bonds. The van der Waals surface area contributed by atoms with Gasteiger partial charge in [-0.2, -0.15) is 5.10 Å². The number of rotatable bonds is 3. The number of nitrogens with one attached hydrogen (secondary N) is 1. The number of likely N-dealkylation sites (tertiary alicyclic amines) is 1. The van der Waals surface area contributed by atoms with Crippen molar-refractivity contribution in [2.75, 3.05) is 18.4 Å². The van der Waals surface area contributed by atoms with Crippen LogP contribution in [0.15, 0.2) is 42.9 Å². The average Bonchev–Trinajstić information content (AvgIpc) is 3.04. The van der Waals surface area contributed by atoms with Gasteiger partial charge in [-0.05, 0) is 25.0 Å². The monoisotopic (exact) mass is 336 g/mol. The Hall–Kier alpha value is -2.96. The first-order valence-electron chi connectivity index (χ1n) is 8.46. The topological polar surface area (TPSA) is 75.9 Å². The molecular weight excluding hydrogens is 316 g/mol. The van der Waals surface area contributed by atoms with Crippen molar-refractivity contribution in [3.8, 4) is 0 Å². The lowest BCUT2D eigenvalue weighted by Gasteiger charge is -2.32. The van der Waals surface area contributed by atoms with Crippen LogP contribution in [0.5, 0.6) is 0 Å². The number of aromatic nitrogens is 4. The van der Waals surface area contributed by atoms with Crippen LogP contribution in [-0.2, 0) is 7.05 Å². The van der Waals surface area contributed by atoms with Gasteiger partial charge >= 0.3 is 0 Å². The van der Waals surface area contributed by atoms with Crippen LogP contribution in [0.25, 0.3) is 11.0 Å². The van der Waals surface area contributed by atoms with Crippen LogP contribution in [0.3, 0.4) is 0 Å². The van der Waals surface area contributed by atoms with Gasteiger partial charge in [0.15, 0.2) is 5.65 Å². The molecule has 0 radical (unpaired) electrons. The van der Waals surface area contributed by atoms with Crippen molar-refractivity contribution in [3.05, 3.63) is 48.4 Å². The van der Waals surface area contributed by atoms with Gasteiger partial charge in [0, 0.05) is 37.9 Å². The highest BCUT2D eigenvalue weighted by Gasteiger charge is 2.24. The second kappa shape index (κ2) is 6.51. The zero-order chi connectivity index (χ0) is 17.2. The molecule has 4 rings (SSSR count). The highest BCUT2D eigenvalue weighted by atomic mass is 16.2. The molecule has 1 aliphatic heterocycles.